The molecule has 0 aromatic carbocycles. The van der Waals surface area contributed by atoms with Crippen molar-refractivity contribution in [2.75, 3.05) is 25.0 Å². The van der Waals surface area contributed by atoms with Crippen LogP contribution in [0.5, 0.6) is 0 Å². The maximum Gasteiger partial charge on any atom is 0.128 e. The zero-order valence-electron chi connectivity index (χ0n) is 12.8. The van der Waals surface area contributed by atoms with Crippen molar-refractivity contribution in [2.45, 2.75) is 25.4 Å². The van der Waals surface area contributed by atoms with Crippen LogP contribution in [0.1, 0.15) is 18.5 Å². The smallest absolute Gasteiger partial charge is 0.128 e. The molecule has 1 aliphatic rings. The molecule has 1 aliphatic heterocycles. The van der Waals surface area contributed by atoms with Crippen LogP contribution in [-0.2, 0) is 13.6 Å². The molecule has 3 heterocycles. The van der Waals surface area contributed by atoms with Gasteiger partial charge in [0.2, 0.25) is 0 Å². The Balaban J connectivity index is 1.62. The monoisotopic (exact) mass is 285 g/mol. The van der Waals surface area contributed by atoms with E-state index < -0.39 is 0 Å². The predicted molar refractivity (Wildman–Crippen MR) is 84.1 cm³/mol. The van der Waals surface area contributed by atoms with Crippen LogP contribution in [0, 0.1) is 0 Å². The van der Waals surface area contributed by atoms with Gasteiger partial charge in [0.05, 0.1) is 5.69 Å². The van der Waals surface area contributed by atoms with E-state index in [0.29, 0.717) is 6.04 Å². The molecule has 3 rings (SSSR count). The van der Waals surface area contributed by atoms with Gasteiger partial charge >= 0.3 is 0 Å². The number of anilines is 1. The average Bonchev–Trinajstić information content (AvgIpc) is 2.93. The van der Waals surface area contributed by atoms with Crippen molar-refractivity contribution in [3.63, 3.8) is 0 Å². The van der Waals surface area contributed by atoms with Crippen molar-refractivity contribution < 1.29 is 0 Å². The lowest BCUT2D eigenvalue weighted by Crippen LogP contribution is -2.46. The first-order valence-electron chi connectivity index (χ1n) is 7.57. The number of nitrogens with zero attached hydrogens (tertiary/aromatic N) is 5. The van der Waals surface area contributed by atoms with Gasteiger partial charge in [-0.1, -0.05) is 6.07 Å². The summed E-state index contributed by atoms with van der Waals surface area (Å²) in [6.45, 7) is 3.05. The molecular weight excluding hydrogens is 262 g/mol. The third-order valence-corrected chi connectivity index (χ3v) is 4.17. The molecule has 1 saturated heterocycles. The van der Waals surface area contributed by atoms with Gasteiger partial charge in [0.1, 0.15) is 5.82 Å². The number of piperidine rings is 1. The van der Waals surface area contributed by atoms with E-state index in [2.05, 4.69) is 45.1 Å². The fourth-order valence-corrected chi connectivity index (χ4v) is 3.00. The molecule has 21 heavy (non-hydrogen) atoms. The van der Waals surface area contributed by atoms with E-state index in [-0.39, 0.29) is 0 Å². The summed E-state index contributed by atoms with van der Waals surface area (Å²) in [4.78, 5) is 9.28. The zero-order valence-corrected chi connectivity index (χ0v) is 12.8. The summed E-state index contributed by atoms with van der Waals surface area (Å²) in [5.41, 5.74) is 1.13. The lowest BCUT2D eigenvalue weighted by atomic mass is 10.0. The Morgan fingerprint density at radius 1 is 1.33 bits per heavy atom. The van der Waals surface area contributed by atoms with E-state index in [1.165, 1.54) is 12.8 Å². The normalized spacial score (nSPS) is 19.2. The summed E-state index contributed by atoms with van der Waals surface area (Å²) in [6.07, 6.45) is 6.33. The molecule has 0 spiro atoms. The van der Waals surface area contributed by atoms with Crippen LogP contribution in [0.25, 0.3) is 0 Å². The molecule has 0 saturated carbocycles. The highest BCUT2D eigenvalue weighted by molar-refractivity contribution is 5.38. The molecule has 0 unspecified atom stereocenters. The summed E-state index contributed by atoms with van der Waals surface area (Å²) in [7, 11) is 4.16. The Labute approximate surface area is 126 Å². The molecule has 5 nitrogen and oxygen atoms in total. The molecule has 0 bridgehead atoms. The van der Waals surface area contributed by atoms with E-state index in [1.807, 2.05) is 30.2 Å². The Bertz CT molecular complexity index is 565. The molecule has 2 aromatic rings. The number of hydrogen-bond acceptors (Lipinski definition) is 4. The van der Waals surface area contributed by atoms with Gasteiger partial charge in [-0.05, 0) is 38.1 Å². The molecule has 0 radical (unpaired) electrons. The largest absolute Gasteiger partial charge is 0.355 e. The second-order valence-electron chi connectivity index (χ2n) is 5.83. The van der Waals surface area contributed by atoms with E-state index in [1.54, 1.807) is 0 Å². The van der Waals surface area contributed by atoms with E-state index in [9.17, 15) is 0 Å². The number of aromatic nitrogens is 3. The minimum atomic E-state index is 0.558. The second kappa shape index (κ2) is 6.26. The molecule has 1 fully saturated rings. The van der Waals surface area contributed by atoms with E-state index >= 15 is 0 Å². The van der Waals surface area contributed by atoms with E-state index in [0.717, 1.165) is 31.1 Å². The van der Waals surface area contributed by atoms with Crippen LogP contribution in [0.15, 0.2) is 36.7 Å². The highest BCUT2D eigenvalue weighted by atomic mass is 15.3. The van der Waals surface area contributed by atoms with Crippen molar-refractivity contribution >= 4 is 5.82 Å². The average molecular weight is 285 g/mol. The van der Waals surface area contributed by atoms with Gasteiger partial charge in [0, 0.05) is 45.1 Å². The molecule has 112 valence electrons. The van der Waals surface area contributed by atoms with Crippen LogP contribution in [0.4, 0.5) is 5.82 Å². The lowest BCUT2D eigenvalue weighted by Gasteiger charge is -2.38. The Kier molecular flexibility index (Phi) is 4.20. The zero-order chi connectivity index (χ0) is 14.7. The Hall–Kier alpha value is -1.88. The molecule has 2 aromatic heterocycles. The molecule has 0 N–H and O–H groups in total. The minimum absolute atomic E-state index is 0.558. The van der Waals surface area contributed by atoms with Gasteiger partial charge in [-0.3, -0.25) is 9.58 Å². The number of likely N-dealkylation sites (N-methyl/N-ethyl adjacent to an activating group) is 1. The fraction of sp³-hybridized carbons (Fsp3) is 0.500. The highest BCUT2D eigenvalue weighted by Gasteiger charge is 2.24. The predicted octanol–water partition coefficient (Wildman–Crippen LogP) is 1.92. The SMILES string of the molecule is CN(Cc1ccn(C)n1)[C@@H]1CCCN(c2ccccn2)C1. The molecular formula is C16H23N5. The van der Waals surface area contributed by atoms with Crippen LogP contribution in [0.3, 0.4) is 0 Å². The quantitative estimate of drug-likeness (QED) is 0.860. The van der Waals surface area contributed by atoms with Gasteiger partial charge in [-0.15, -0.1) is 0 Å². The Morgan fingerprint density at radius 2 is 2.24 bits per heavy atom. The number of pyridine rings is 1. The van der Waals surface area contributed by atoms with Crippen molar-refractivity contribution in [3.05, 3.63) is 42.4 Å². The summed E-state index contributed by atoms with van der Waals surface area (Å²) in [5.74, 6) is 1.09. The van der Waals surface area contributed by atoms with Crippen molar-refractivity contribution in [3.8, 4) is 0 Å². The number of hydrogen-bond donors (Lipinski definition) is 0. The van der Waals surface area contributed by atoms with Gasteiger partial charge in [-0.2, -0.15) is 5.10 Å². The highest BCUT2D eigenvalue weighted by Crippen LogP contribution is 2.20. The summed E-state index contributed by atoms with van der Waals surface area (Å²) in [6, 6.07) is 8.78. The van der Waals surface area contributed by atoms with Gasteiger partial charge in [0.25, 0.3) is 0 Å². The van der Waals surface area contributed by atoms with Crippen LogP contribution >= 0.6 is 0 Å². The molecule has 0 aliphatic carbocycles. The van der Waals surface area contributed by atoms with Crippen molar-refractivity contribution in [1.29, 1.82) is 0 Å². The minimum Gasteiger partial charge on any atom is -0.355 e. The first kappa shape index (κ1) is 14.1. The molecule has 5 heteroatoms. The van der Waals surface area contributed by atoms with Crippen LogP contribution < -0.4 is 4.90 Å². The van der Waals surface area contributed by atoms with Gasteiger partial charge in [0.15, 0.2) is 0 Å². The molecule has 0 amide bonds. The van der Waals surface area contributed by atoms with Gasteiger partial charge < -0.3 is 4.90 Å². The maximum atomic E-state index is 4.48. The first-order valence-corrected chi connectivity index (χ1v) is 7.57. The number of rotatable bonds is 4. The Morgan fingerprint density at radius 3 is 2.95 bits per heavy atom. The second-order valence-corrected chi connectivity index (χ2v) is 5.83. The fourth-order valence-electron chi connectivity index (χ4n) is 3.00. The summed E-state index contributed by atoms with van der Waals surface area (Å²) < 4.78 is 1.87. The lowest BCUT2D eigenvalue weighted by molar-refractivity contribution is 0.205. The van der Waals surface area contributed by atoms with Crippen molar-refractivity contribution in [1.82, 2.24) is 19.7 Å². The summed E-state index contributed by atoms with van der Waals surface area (Å²) >= 11 is 0. The number of aryl methyl sites for hydroxylation is 1. The first-order chi connectivity index (χ1) is 10.2. The third-order valence-electron chi connectivity index (χ3n) is 4.17. The third kappa shape index (κ3) is 3.42. The van der Waals surface area contributed by atoms with Gasteiger partial charge in [-0.25, -0.2) is 4.98 Å². The molecule has 1 atom stereocenters. The van der Waals surface area contributed by atoms with Crippen LogP contribution in [0.2, 0.25) is 0 Å². The van der Waals surface area contributed by atoms with Crippen LogP contribution in [-0.4, -0.2) is 45.8 Å². The van der Waals surface area contributed by atoms with E-state index in [4.69, 9.17) is 0 Å². The topological polar surface area (TPSA) is 37.2 Å². The standard InChI is InChI=1S/C16H23N5/c1-19(12-14-8-11-20(2)18-14)15-6-5-10-21(13-15)16-7-3-4-9-17-16/h3-4,7-9,11,15H,5-6,10,12-13H2,1-2H3/t15-/m1/s1. The summed E-state index contributed by atoms with van der Waals surface area (Å²) in [5, 5.41) is 4.47. The maximum absolute atomic E-state index is 4.48. The van der Waals surface area contributed by atoms with Crippen molar-refractivity contribution in [2.24, 2.45) is 7.05 Å².